The molecule has 2 rings (SSSR count). The van der Waals surface area contributed by atoms with Crippen molar-refractivity contribution in [3.05, 3.63) is 24.3 Å². The van der Waals surface area contributed by atoms with E-state index in [0.717, 1.165) is 24.7 Å². The van der Waals surface area contributed by atoms with Gasteiger partial charge in [-0.25, -0.2) is 9.97 Å². The Balaban J connectivity index is 1.88. The van der Waals surface area contributed by atoms with E-state index in [-0.39, 0.29) is 0 Å². The number of aromatic nitrogens is 2. The number of hydrogen-bond donors (Lipinski definition) is 1. The van der Waals surface area contributed by atoms with Gasteiger partial charge in [0.1, 0.15) is 5.82 Å². The predicted molar refractivity (Wildman–Crippen MR) is 60.5 cm³/mol. The summed E-state index contributed by atoms with van der Waals surface area (Å²) in [6.45, 7) is 3.31. The third-order valence-corrected chi connectivity index (χ3v) is 2.87. The molecule has 0 spiro atoms. The lowest BCUT2D eigenvalue weighted by molar-refractivity contribution is 0.452. The number of nitrogens with zero attached hydrogens (tertiary/aromatic N) is 2. The molecule has 1 aromatic rings. The third-order valence-electron chi connectivity index (χ3n) is 2.87. The SMILES string of the molecule is CCCNC(Cc1ncccn1)C1CC1. The molecule has 0 saturated heterocycles. The van der Waals surface area contributed by atoms with Gasteiger partial charge < -0.3 is 5.32 Å². The van der Waals surface area contributed by atoms with E-state index >= 15 is 0 Å². The van der Waals surface area contributed by atoms with Crippen LogP contribution in [0.1, 0.15) is 32.0 Å². The fourth-order valence-corrected chi connectivity index (χ4v) is 1.87. The summed E-state index contributed by atoms with van der Waals surface area (Å²) in [5.74, 6) is 1.83. The van der Waals surface area contributed by atoms with Crippen LogP contribution in [0.4, 0.5) is 0 Å². The molecule has 1 heterocycles. The van der Waals surface area contributed by atoms with Gasteiger partial charge in [0.25, 0.3) is 0 Å². The Labute approximate surface area is 91.3 Å². The van der Waals surface area contributed by atoms with Crippen LogP contribution in [0.25, 0.3) is 0 Å². The summed E-state index contributed by atoms with van der Waals surface area (Å²) in [6.07, 6.45) is 8.56. The number of rotatable bonds is 6. The predicted octanol–water partition coefficient (Wildman–Crippen LogP) is 1.80. The summed E-state index contributed by atoms with van der Waals surface area (Å²) < 4.78 is 0. The molecule has 1 saturated carbocycles. The van der Waals surface area contributed by atoms with Crippen molar-refractivity contribution in [2.45, 2.75) is 38.6 Å². The first-order valence-electron chi connectivity index (χ1n) is 5.89. The molecule has 1 aliphatic carbocycles. The normalized spacial score (nSPS) is 17.7. The van der Waals surface area contributed by atoms with Crippen LogP contribution in [-0.2, 0) is 6.42 Å². The maximum absolute atomic E-state index is 4.29. The van der Waals surface area contributed by atoms with Crippen LogP contribution in [-0.4, -0.2) is 22.6 Å². The maximum Gasteiger partial charge on any atom is 0.129 e. The first-order chi connectivity index (χ1) is 7.40. The highest BCUT2D eigenvalue weighted by Crippen LogP contribution is 2.33. The largest absolute Gasteiger partial charge is 0.313 e. The van der Waals surface area contributed by atoms with Crippen molar-refractivity contribution in [1.82, 2.24) is 15.3 Å². The highest BCUT2D eigenvalue weighted by molar-refractivity contribution is 4.96. The fourth-order valence-electron chi connectivity index (χ4n) is 1.87. The quantitative estimate of drug-likeness (QED) is 0.769. The zero-order chi connectivity index (χ0) is 10.5. The van der Waals surface area contributed by atoms with E-state index in [1.54, 1.807) is 0 Å². The molecule has 1 aliphatic rings. The van der Waals surface area contributed by atoms with E-state index in [1.165, 1.54) is 19.3 Å². The lowest BCUT2D eigenvalue weighted by Crippen LogP contribution is -2.34. The summed E-state index contributed by atoms with van der Waals surface area (Å²) in [5, 5.41) is 3.60. The average molecular weight is 205 g/mol. The third kappa shape index (κ3) is 3.27. The Hall–Kier alpha value is -0.960. The van der Waals surface area contributed by atoms with Gasteiger partial charge in [0.15, 0.2) is 0 Å². The van der Waals surface area contributed by atoms with Gasteiger partial charge in [-0.3, -0.25) is 0 Å². The molecule has 1 unspecified atom stereocenters. The van der Waals surface area contributed by atoms with Crippen molar-refractivity contribution in [1.29, 1.82) is 0 Å². The van der Waals surface area contributed by atoms with Crippen molar-refractivity contribution >= 4 is 0 Å². The molecule has 0 aliphatic heterocycles. The molecule has 0 aromatic carbocycles. The van der Waals surface area contributed by atoms with Crippen molar-refractivity contribution in [3.8, 4) is 0 Å². The summed E-state index contributed by atoms with van der Waals surface area (Å²) in [7, 11) is 0. The van der Waals surface area contributed by atoms with Crippen LogP contribution in [0.2, 0.25) is 0 Å². The second-order valence-electron chi connectivity index (χ2n) is 4.27. The standard InChI is InChI=1S/C12H19N3/c1-2-6-13-11(10-4-5-10)9-12-14-7-3-8-15-12/h3,7-8,10-11,13H,2,4-6,9H2,1H3. The summed E-state index contributed by atoms with van der Waals surface area (Å²) in [5.41, 5.74) is 0. The molecule has 15 heavy (non-hydrogen) atoms. The van der Waals surface area contributed by atoms with Crippen LogP contribution < -0.4 is 5.32 Å². The maximum atomic E-state index is 4.29. The molecular formula is C12H19N3. The van der Waals surface area contributed by atoms with Gasteiger partial charge in [-0.2, -0.15) is 0 Å². The van der Waals surface area contributed by atoms with Gasteiger partial charge in [0.05, 0.1) is 0 Å². The number of nitrogens with one attached hydrogen (secondary N) is 1. The Morgan fingerprint density at radius 2 is 2.13 bits per heavy atom. The zero-order valence-electron chi connectivity index (χ0n) is 9.32. The van der Waals surface area contributed by atoms with E-state index < -0.39 is 0 Å². The summed E-state index contributed by atoms with van der Waals surface area (Å²) in [6, 6.07) is 2.46. The van der Waals surface area contributed by atoms with Crippen LogP contribution in [0, 0.1) is 5.92 Å². The van der Waals surface area contributed by atoms with Gasteiger partial charge in [0, 0.05) is 24.9 Å². The smallest absolute Gasteiger partial charge is 0.129 e. The second kappa shape index (κ2) is 5.21. The first kappa shape index (κ1) is 10.6. The molecule has 1 aromatic heterocycles. The van der Waals surface area contributed by atoms with Gasteiger partial charge >= 0.3 is 0 Å². The van der Waals surface area contributed by atoms with E-state index in [9.17, 15) is 0 Å². The Morgan fingerprint density at radius 1 is 1.40 bits per heavy atom. The molecule has 82 valence electrons. The number of hydrogen-bond acceptors (Lipinski definition) is 3. The Morgan fingerprint density at radius 3 is 2.73 bits per heavy atom. The lowest BCUT2D eigenvalue weighted by Gasteiger charge is -2.16. The lowest BCUT2D eigenvalue weighted by atomic mass is 10.1. The zero-order valence-corrected chi connectivity index (χ0v) is 9.32. The summed E-state index contributed by atoms with van der Waals surface area (Å²) in [4.78, 5) is 8.57. The molecule has 0 bridgehead atoms. The molecule has 0 amide bonds. The monoisotopic (exact) mass is 205 g/mol. The van der Waals surface area contributed by atoms with Crippen LogP contribution in [0.3, 0.4) is 0 Å². The fraction of sp³-hybridized carbons (Fsp3) is 0.667. The van der Waals surface area contributed by atoms with E-state index in [2.05, 4.69) is 22.2 Å². The van der Waals surface area contributed by atoms with Crippen LogP contribution in [0.15, 0.2) is 18.5 Å². The average Bonchev–Trinajstić information content (AvgIpc) is 3.09. The summed E-state index contributed by atoms with van der Waals surface area (Å²) >= 11 is 0. The Bertz CT molecular complexity index is 282. The van der Waals surface area contributed by atoms with Crippen molar-refractivity contribution in [2.75, 3.05) is 6.54 Å². The van der Waals surface area contributed by atoms with Crippen molar-refractivity contribution in [3.63, 3.8) is 0 Å². The van der Waals surface area contributed by atoms with Crippen molar-refractivity contribution in [2.24, 2.45) is 5.92 Å². The minimum Gasteiger partial charge on any atom is -0.313 e. The molecule has 0 radical (unpaired) electrons. The first-order valence-corrected chi connectivity index (χ1v) is 5.89. The molecule has 1 fully saturated rings. The molecule has 1 atom stereocenters. The van der Waals surface area contributed by atoms with Gasteiger partial charge in [-0.05, 0) is 37.8 Å². The van der Waals surface area contributed by atoms with E-state index in [4.69, 9.17) is 0 Å². The van der Waals surface area contributed by atoms with Gasteiger partial charge in [-0.1, -0.05) is 6.92 Å². The van der Waals surface area contributed by atoms with Crippen LogP contribution in [0.5, 0.6) is 0 Å². The molecule has 3 heteroatoms. The van der Waals surface area contributed by atoms with Crippen LogP contribution >= 0.6 is 0 Å². The molecule has 3 nitrogen and oxygen atoms in total. The Kier molecular flexibility index (Phi) is 3.67. The minimum absolute atomic E-state index is 0.590. The second-order valence-corrected chi connectivity index (χ2v) is 4.27. The van der Waals surface area contributed by atoms with Gasteiger partial charge in [-0.15, -0.1) is 0 Å². The minimum atomic E-state index is 0.590. The van der Waals surface area contributed by atoms with Gasteiger partial charge in [0.2, 0.25) is 0 Å². The highest BCUT2D eigenvalue weighted by atomic mass is 14.9. The van der Waals surface area contributed by atoms with E-state index in [0.29, 0.717) is 6.04 Å². The molecular weight excluding hydrogens is 186 g/mol. The topological polar surface area (TPSA) is 37.8 Å². The highest BCUT2D eigenvalue weighted by Gasteiger charge is 2.31. The van der Waals surface area contributed by atoms with E-state index in [1.807, 2.05) is 18.5 Å². The molecule has 1 N–H and O–H groups in total. The van der Waals surface area contributed by atoms with Crippen molar-refractivity contribution < 1.29 is 0 Å².